The van der Waals surface area contributed by atoms with Crippen molar-refractivity contribution in [2.45, 2.75) is 9.79 Å². The van der Waals surface area contributed by atoms with E-state index in [9.17, 15) is 0 Å². The molecule has 0 aliphatic carbocycles. The fourth-order valence-electron chi connectivity index (χ4n) is 2.44. The van der Waals surface area contributed by atoms with Gasteiger partial charge in [-0.15, -0.1) is 0 Å². The maximum atomic E-state index is 5.55. The molecule has 4 rings (SSSR count). The largest absolute Gasteiger partial charge is 0.495 e. The number of methoxy groups -OCH3 is 1. The van der Waals surface area contributed by atoms with Crippen LogP contribution in [0.25, 0.3) is 22.4 Å². The molecule has 118 valence electrons. The van der Waals surface area contributed by atoms with E-state index < -0.39 is 0 Å². The minimum atomic E-state index is 0.814. The molecule has 0 aliphatic rings. The number of aromatic amines is 1. The van der Waals surface area contributed by atoms with Gasteiger partial charge in [0.2, 0.25) is 0 Å². The summed E-state index contributed by atoms with van der Waals surface area (Å²) in [4.78, 5) is 18.2. The average Bonchev–Trinajstić information content (AvgIpc) is 3.05. The van der Waals surface area contributed by atoms with Gasteiger partial charge in [0.15, 0.2) is 0 Å². The minimum absolute atomic E-state index is 0.814. The highest BCUT2D eigenvalue weighted by Gasteiger charge is 2.12. The van der Waals surface area contributed by atoms with Crippen molar-refractivity contribution in [3.63, 3.8) is 0 Å². The molecule has 24 heavy (non-hydrogen) atoms. The molecule has 5 nitrogen and oxygen atoms in total. The molecule has 3 heterocycles. The smallest absolute Gasteiger partial charge is 0.138 e. The number of H-pyrrole nitrogens is 1. The standard InChI is InChI=1S/C18H14N4OS/c1-23-16-10-14-15(11-17(16)24-13-4-8-20-9-5-13)22-18(21-14)12-2-6-19-7-3-12/h2-11H,1H3,(H,21,22). The number of hydrogen-bond acceptors (Lipinski definition) is 5. The zero-order chi connectivity index (χ0) is 16.4. The van der Waals surface area contributed by atoms with E-state index in [0.29, 0.717) is 0 Å². The van der Waals surface area contributed by atoms with Crippen molar-refractivity contribution < 1.29 is 4.74 Å². The van der Waals surface area contributed by atoms with Crippen LogP contribution in [0, 0.1) is 0 Å². The Labute approximate surface area is 143 Å². The van der Waals surface area contributed by atoms with Gasteiger partial charge in [-0.05, 0) is 30.3 Å². The van der Waals surface area contributed by atoms with Crippen molar-refractivity contribution in [3.05, 3.63) is 61.2 Å². The Kier molecular flexibility index (Phi) is 3.88. The van der Waals surface area contributed by atoms with Crippen LogP contribution in [0.5, 0.6) is 5.75 Å². The molecule has 0 radical (unpaired) electrons. The summed E-state index contributed by atoms with van der Waals surface area (Å²) in [5.41, 5.74) is 2.85. The lowest BCUT2D eigenvalue weighted by Crippen LogP contribution is -1.87. The van der Waals surface area contributed by atoms with Crippen LogP contribution in [0.4, 0.5) is 0 Å². The first-order valence-corrected chi connectivity index (χ1v) is 8.21. The van der Waals surface area contributed by atoms with E-state index in [1.807, 2.05) is 36.4 Å². The predicted molar refractivity (Wildman–Crippen MR) is 94.2 cm³/mol. The Morgan fingerprint density at radius 1 is 0.958 bits per heavy atom. The SMILES string of the molecule is COc1cc2[nH]c(-c3ccncc3)nc2cc1Sc1ccncc1. The average molecular weight is 334 g/mol. The summed E-state index contributed by atoms with van der Waals surface area (Å²) in [6, 6.07) is 11.8. The molecule has 0 spiro atoms. The van der Waals surface area contributed by atoms with E-state index in [1.54, 1.807) is 43.7 Å². The Bertz CT molecular complexity index is 970. The Balaban J connectivity index is 1.77. The number of pyridine rings is 2. The molecule has 4 aromatic rings. The van der Waals surface area contributed by atoms with Crippen molar-refractivity contribution in [2.75, 3.05) is 7.11 Å². The molecule has 0 fully saturated rings. The molecule has 0 bridgehead atoms. The summed E-state index contributed by atoms with van der Waals surface area (Å²) in [5, 5.41) is 0. The molecule has 0 saturated carbocycles. The van der Waals surface area contributed by atoms with Crippen molar-refractivity contribution >= 4 is 22.8 Å². The van der Waals surface area contributed by atoms with Gasteiger partial charge in [-0.2, -0.15) is 0 Å². The summed E-state index contributed by atoms with van der Waals surface area (Å²) in [6.45, 7) is 0. The monoisotopic (exact) mass is 334 g/mol. The van der Waals surface area contributed by atoms with Crippen molar-refractivity contribution in [3.8, 4) is 17.1 Å². The number of benzene rings is 1. The Morgan fingerprint density at radius 2 is 1.67 bits per heavy atom. The molecule has 0 unspecified atom stereocenters. The number of imidazole rings is 1. The van der Waals surface area contributed by atoms with Gasteiger partial charge in [0.05, 0.1) is 23.0 Å². The van der Waals surface area contributed by atoms with Crippen LogP contribution in [-0.4, -0.2) is 27.0 Å². The van der Waals surface area contributed by atoms with Gasteiger partial charge in [-0.3, -0.25) is 9.97 Å². The van der Waals surface area contributed by atoms with Crippen molar-refractivity contribution in [1.82, 2.24) is 19.9 Å². The number of rotatable bonds is 4. The summed E-state index contributed by atoms with van der Waals surface area (Å²) in [5.74, 6) is 1.63. The van der Waals surface area contributed by atoms with Crippen LogP contribution < -0.4 is 4.74 Å². The third-order valence-corrected chi connectivity index (χ3v) is 4.65. The first-order chi connectivity index (χ1) is 11.8. The van der Waals surface area contributed by atoms with E-state index in [0.717, 1.165) is 38.0 Å². The van der Waals surface area contributed by atoms with Gasteiger partial charge in [0, 0.05) is 41.3 Å². The lowest BCUT2D eigenvalue weighted by Gasteiger charge is -2.07. The van der Waals surface area contributed by atoms with Crippen LogP contribution in [-0.2, 0) is 0 Å². The molecule has 1 N–H and O–H groups in total. The van der Waals surface area contributed by atoms with E-state index in [1.165, 1.54) is 0 Å². The lowest BCUT2D eigenvalue weighted by atomic mass is 10.3. The van der Waals surface area contributed by atoms with Crippen molar-refractivity contribution in [1.29, 1.82) is 0 Å². The van der Waals surface area contributed by atoms with E-state index in [-0.39, 0.29) is 0 Å². The molecule has 0 aliphatic heterocycles. The summed E-state index contributed by atoms with van der Waals surface area (Å²) < 4.78 is 5.55. The van der Waals surface area contributed by atoms with Crippen LogP contribution >= 0.6 is 11.8 Å². The lowest BCUT2D eigenvalue weighted by molar-refractivity contribution is 0.405. The zero-order valence-electron chi connectivity index (χ0n) is 12.9. The number of fused-ring (bicyclic) bond motifs is 1. The molecule has 6 heteroatoms. The highest BCUT2D eigenvalue weighted by Crippen LogP contribution is 2.37. The Morgan fingerprint density at radius 3 is 2.38 bits per heavy atom. The van der Waals surface area contributed by atoms with E-state index >= 15 is 0 Å². The van der Waals surface area contributed by atoms with E-state index in [2.05, 4.69) is 15.0 Å². The molecule has 0 amide bonds. The van der Waals surface area contributed by atoms with Gasteiger partial charge in [-0.25, -0.2) is 4.98 Å². The van der Waals surface area contributed by atoms with Gasteiger partial charge in [0.1, 0.15) is 11.6 Å². The zero-order valence-corrected chi connectivity index (χ0v) is 13.7. The number of nitrogens with zero attached hydrogens (tertiary/aromatic N) is 3. The van der Waals surface area contributed by atoms with Crippen LogP contribution in [0.15, 0.2) is 71.0 Å². The minimum Gasteiger partial charge on any atom is -0.495 e. The first kappa shape index (κ1) is 14.7. The second-order valence-electron chi connectivity index (χ2n) is 5.13. The summed E-state index contributed by atoms with van der Waals surface area (Å²) in [6.07, 6.45) is 7.08. The second kappa shape index (κ2) is 6.33. The number of aromatic nitrogens is 4. The Hall–Kier alpha value is -2.86. The second-order valence-corrected chi connectivity index (χ2v) is 6.24. The maximum Gasteiger partial charge on any atom is 0.138 e. The fourth-order valence-corrected chi connectivity index (χ4v) is 3.36. The third kappa shape index (κ3) is 2.83. The van der Waals surface area contributed by atoms with E-state index in [4.69, 9.17) is 9.72 Å². The molecule has 1 aromatic carbocycles. The van der Waals surface area contributed by atoms with Gasteiger partial charge in [-0.1, -0.05) is 11.8 Å². The van der Waals surface area contributed by atoms with Crippen LogP contribution in [0.3, 0.4) is 0 Å². The topological polar surface area (TPSA) is 63.7 Å². The van der Waals surface area contributed by atoms with Crippen LogP contribution in [0.2, 0.25) is 0 Å². The summed E-state index contributed by atoms with van der Waals surface area (Å²) in [7, 11) is 1.68. The fraction of sp³-hybridized carbons (Fsp3) is 0.0556. The number of nitrogens with one attached hydrogen (secondary N) is 1. The quantitative estimate of drug-likeness (QED) is 0.606. The van der Waals surface area contributed by atoms with Crippen LogP contribution in [0.1, 0.15) is 0 Å². The number of hydrogen-bond donors (Lipinski definition) is 1. The molecular formula is C18H14N4OS. The molecular weight excluding hydrogens is 320 g/mol. The normalized spacial score (nSPS) is 10.9. The maximum absolute atomic E-state index is 5.55. The van der Waals surface area contributed by atoms with Crippen molar-refractivity contribution in [2.24, 2.45) is 0 Å². The summed E-state index contributed by atoms with van der Waals surface area (Å²) >= 11 is 1.63. The third-order valence-electron chi connectivity index (χ3n) is 3.60. The molecule has 0 saturated heterocycles. The first-order valence-electron chi connectivity index (χ1n) is 7.39. The van der Waals surface area contributed by atoms with Gasteiger partial charge < -0.3 is 9.72 Å². The highest BCUT2D eigenvalue weighted by atomic mass is 32.2. The predicted octanol–water partition coefficient (Wildman–Crippen LogP) is 4.18. The number of ether oxygens (including phenoxy) is 1. The molecule has 3 aromatic heterocycles. The highest BCUT2D eigenvalue weighted by molar-refractivity contribution is 7.99. The molecule has 0 atom stereocenters. The van der Waals surface area contributed by atoms with Gasteiger partial charge in [0.25, 0.3) is 0 Å². The van der Waals surface area contributed by atoms with Gasteiger partial charge >= 0.3 is 0 Å².